The molecule has 10 heteroatoms. The van der Waals surface area contributed by atoms with Gasteiger partial charge in [-0.1, -0.05) is 0 Å². The van der Waals surface area contributed by atoms with Crippen molar-refractivity contribution in [2.24, 2.45) is 0 Å². The minimum atomic E-state index is -2.87. The Balaban J connectivity index is 3.45. The zero-order valence-corrected chi connectivity index (χ0v) is 26.6. The van der Waals surface area contributed by atoms with Crippen LogP contribution in [0.15, 0.2) is 0 Å². The number of hydrogen-bond donors (Lipinski definition) is 0. The Hall–Kier alpha value is 5.73. The van der Waals surface area contributed by atoms with E-state index in [-0.39, 0.29) is 25.5 Å². The molecule has 20 heavy (non-hydrogen) atoms. The molecule has 0 radical (unpaired) electrons. The van der Waals surface area contributed by atoms with Gasteiger partial charge < -0.3 is 0 Å². The quantitative estimate of drug-likeness (QED) is 0.269. The molecule has 2 atom stereocenters. The van der Waals surface area contributed by atoms with E-state index in [0.29, 0.717) is 20.2 Å². The Bertz CT molecular complexity index is 365. The number of halogens is 2. The van der Waals surface area contributed by atoms with Gasteiger partial charge in [-0.2, -0.15) is 0 Å². The molecule has 1 aliphatic heterocycles. The maximum absolute atomic E-state index is 7.48. The molecule has 0 saturated carbocycles. The normalized spacial score (nSPS) is 27.7. The summed E-state index contributed by atoms with van der Waals surface area (Å²) in [7, 11) is 12.4. The summed E-state index contributed by atoms with van der Waals surface area (Å²) >= 11 is 0.617. The van der Waals surface area contributed by atoms with Gasteiger partial charge in [0.25, 0.3) is 0 Å². The van der Waals surface area contributed by atoms with E-state index >= 15 is 0 Å². The standard InChI is InChI=1S/2C4H9.2CH4P.2ClH.6Ti/c2*1-4(2)3;2*1-2;;;;;;;;/h2*1-3H3;2*2H,1H3;2*1H;;;;;;/q;;2*-1;;;;;;;+1;+3/p-2. The molecular weight excluding hydrogens is 540 g/mol. The molecule has 0 N–H and O–H groups in total. The average molecular weight is 566 g/mol. The van der Waals surface area contributed by atoms with E-state index < -0.39 is 27.4 Å². The fraction of sp³-hybridized carbons (Fsp3) is 1.00. The van der Waals surface area contributed by atoms with E-state index in [1.807, 2.05) is 0 Å². The van der Waals surface area contributed by atoms with Gasteiger partial charge in [-0.05, 0) is 0 Å². The Morgan fingerprint density at radius 1 is 1.00 bits per heavy atom. The molecule has 0 spiro atoms. The van der Waals surface area contributed by atoms with Gasteiger partial charge in [0.15, 0.2) is 0 Å². The summed E-state index contributed by atoms with van der Waals surface area (Å²) < 4.78 is 1.22. The molecule has 1 rings (SSSR count). The number of hydrogen-bond acceptors (Lipinski definition) is 0. The van der Waals surface area contributed by atoms with Gasteiger partial charge in [-0.25, -0.2) is 0 Å². The molecule has 0 aromatic heterocycles. The third-order valence-electron chi connectivity index (χ3n) is 4.00. The molecule has 0 nitrogen and oxygen atoms in total. The molecule has 2 unspecified atom stereocenters. The molecule has 1 aliphatic rings. The van der Waals surface area contributed by atoms with E-state index in [0.717, 1.165) is 6.57 Å². The van der Waals surface area contributed by atoms with Crippen molar-refractivity contribution < 1.29 is 65.6 Å². The molecule has 1 fully saturated rings. The fourth-order valence-corrected chi connectivity index (χ4v) is 655. The molecule has 0 aromatic carbocycles. The third kappa shape index (κ3) is 5.38. The van der Waals surface area contributed by atoms with Gasteiger partial charge in [0.1, 0.15) is 0 Å². The molecule has 0 amide bonds. The van der Waals surface area contributed by atoms with Crippen LogP contribution in [0.4, 0.5) is 0 Å². The molecule has 1 heterocycles. The summed E-state index contributed by atoms with van der Waals surface area (Å²) in [6.45, 7) is 22.7. The van der Waals surface area contributed by atoms with Crippen molar-refractivity contribution in [3.63, 3.8) is 0 Å². The third-order valence-corrected chi connectivity index (χ3v) is 279. The van der Waals surface area contributed by atoms with Crippen LogP contribution in [0.25, 0.3) is 0 Å². The van der Waals surface area contributed by atoms with Crippen molar-refractivity contribution in [1.82, 2.24) is 0 Å². The summed E-state index contributed by atoms with van der Waals surface area (Å²) in [5, 5.41) is 0. The van der Waals surface area contributed by atoms with E-state index in [1.165, 1.54) is 6.57 Å². The van der Waals surface area contributed by atoms with Crippen LogP contribution in [0, 0.1) is 0 Å². The van der Waals surface area contributed by atoms with Crippen LogP contribution in [-0.4, -0.2) is 13.3 Å². The topological polar surface area (TPSA) is 0 Å². The molecule has 0 aromatic rings. The van der Waals surface area contributed by atoms with Crippen molar-refractivity contribution in [3.05, 3.63) is 0 Å². The Morgan fingerprint density at radius 2 is 1.45 bits per heavy atom. The van der Waals surface area contributed by atoms with Gasteiger partial charge in [-0.15, -0.1) is 0 Å². The summed E-state index contributed by atoms with van der Waals surface area (Å²) in [5.41, 5.74) is 0. The van der Waals surface area contributed by atoms with E-state index in [1.54, 1.807) is 0 Å². The monoisotopic (exact) mass is 566 g/mol. The van der Waals surface area contributed by atoms with Crippen LogP contribution in [0.1, 0.15) is 41.5 Å². The van der Waals surface area contributed by atoms with Gasteiger partial charge >= 0.3 is 160 Å². The Kier molecular flexibility index (Phi) is 9.50. The zero-order valence-electron chi connectivity index (χ0n) is 13.8. The van der Waals surface area contributed by atoms with Crippen LogP contribution in [0.5, 0.6) is 0 Å². The van der Waals surface area contributed by atoms with Crippen molar-refractivity contribution in [2.75, 3.05) is 13.3 Å². The summed E-state index contributed by atoms with van der Waals surface area (Å²) in [4.78, 5) is 0. The van der Waals surface area contributed by atoms with E-state index in [9.17, 15) is 0 Å². The predicted octanol–water partition coefficient (Wildman–Crippen LogP) is 6.39. The van der Waals surface area contributed by atoms with Crippen molar-refractivity contribution in [1.29, 1.82) is 0 Å². The van der Waals surface area contributed by atoms with Gasteiger partial charge in [0.2, 0.25) is 0 Å². The average Bonchev–Trinajstić information content (AvgIpc) is 2.24. The molecule has 0 bridgehead atoms. The van der Waals surface area contributed by atoms with Gasteiger partial charge in [0, 0.05) is 0 Å². The maximum atomic E-state index is 7.48. The first kappa shape index (κ1) is 23.8. The van der Waals surface area contributed by atoms with E-state index in [2.05, 4.69) is 54.9 Å². The van der Waals surface area contributed by atoms with Crippen molar-refractivity contribution >= 4 is 31.8 Å². The van der Waals surface area contributed by atoms with Crippen LogP contribution < -0.4 is 0 Å². The fourth-order valence-electron chi connectivity index (χ4n) is 2.95. The molecular formula is C10H26Cl2P2Ti6. The van der Waals surface area contributed by atoms with Crippen molar-refractivity contribution in [2.45, 2.75) is 49.0 Å². The zero-order chi connectivity index (χ0) is 16.1. The first-order valence-electron chi connectivity index (χ1n) is 6.88. The van der Waals surface area contributed by atoms with E-state index in [4.69, 9.17) is 18.6 Å². The second kappa shape index (κ2) is 7.99. The first-order chi connectivity index (χ1) is 8.69. The summed E-state index contributed by atoms with van der Waals surface area (Å²) in [6, 6.07) is 0. The SMILES string of the molecule is C[PH][Ti]1[Ti][Ti]([C](C)(C)C)([C](C)(C)C)[Ti][Ti]([Cl])([Cl])([PH]C)[Ti]1. The summed E-state index contributed by atoms with van der Waals surface area (Å²) in [5.74, 6) is 0. The van der Waals surface area contributed by atoms with Crippen LogP contribution in [-0.2, 0) is 65.6 Å². The Morgan fingerprint density at radius 3 is 1.75 bits per heavy atom. The number of rotatable bonds is 2. The predicted molar refractivity (Wildman–Crippen MR) is 79.6 cm³/mol. The van der Waals surface area contributed by atoms with Gasteiger partial charge in [-0.3, -0.25) is 0 Å². The van der Waals surface area contributed by atoms with Crippen LogP contribution >= 0.6 is 31.8 Å². The van der Waals surface area contributed by atoms with Gasteiger partial charge in [0.05, 0.1) is 0 Å². The second-order valence-electron chi connectivity index (χ2n) is 7.51. The molecule has 1 saturated heterocycles. The van der Waals surface area contributed by atoms with Crippen LogP contribution in [0.3, 0.4) is 0 Å². The summed E-state index contributed by atoms with van der Waals surface area (Å²) in [6.07, 6.45) is -2.87. The van der Waals surface area contributed by atoms with Crippen LogP contribution in [0.2, 0.25) is 7.44 Å². The Labute approximate surface area is 155 Å². The second-order valence-corrected chi connectivity index (χ2v) is 131. The van der Waals surface area contributed by atoms with Crippen molar-refractivity contribution in [3.8, 4) is 0 Å². The first-order valence-corrected chi connectivity index (χ1v) is 44.4. The molecule has 0 aliphatic carbocycles. The minimum absolute atomic E-state index is 0.0249. The molecule has 114 valence electrons.